The van der Waals surface area contributed by atoms with E-state index in [9.17, 15) is 9.18 Å². The van der Waals surface area contributed by atoms with Crippen molar-refractivity contribution in [2.75, 3.05) is 13.7 Å². The van der Waals surface area contributed by atoms with Crippen LogP contribution in [0.3, 0.4) is 0 Å². The molecule has 0 aliphatic heterocycles. The Kier molecular flexibility index (Phi) is 5.62. The molecule has 0 aliphatic carbocycles. The first-order chi connectivity index (χ1) is 15.0. The van der Waals surface area contributed by atoms with Crippen LogP contribution in [0.1, 0.15) is 22.8 Å². The average molecular weight is 422 g/mol. The second-order valence-electron chi connectivity index (χ2n) is 7.04. The number of hydrogen-bond acceptors (Lipinski definition) is 4. The van der Waals surface area contributed by atoms with Crippen LogP contribution in [0.4, 0.5) is 8.78 Å². The molecule has 6 nitrogen and oxygen atoms in total. The molecule has 0 saturated heterocycles. The number of nitrogens with one attached hydrogen (secondary N) is 1. The highest BCUT2D eigenvalue weighted by atomic mass is 19.1. The van der Waals surface area contributed by atoms with E-state index in [1.165, 1.54) is 29.2 Å². The summed E-state index contributed by atoms with van der Waals surface area (Å²) >= 11 is 0. The number of amides is 1. The third-order valence-electron chi connectivity index (χ3n) is 4.94. The van der Waals surface area contributed by atoms with Crippen LogP contribution in [0.5, 0.6) is 5.75 Å². The van der Waals surface area contributed by atoms with Crippen molar-refractivity contribution < 1.29 is 18.3 Å². The molecule has 31 heavy (non-hydrogen) atoms. The van der Waals surface area contributed by atoms with Crippen LogP contribution >= 0.6 is 0 Å². The predicted molar refractivity (Wildman–Crippen MR) is 113 cm³/mol. The van der Waals surface area contributed by atoms with Crippen LogP contribution in [0, 0.1) is 11.6 Å². The molecule has 1 amide bonds. The molecule has 2 heterocycles. The number of carbonyl (C=O) groups is 1. The van der Waals surface area contributed by atoms with Gasteiger partial charge in [0, 0.05) is 42.5 Å². The van der Waals surface area contributed by atoms with Crippen LogP contribution in [0.25, 0.3) is 22.0 Å². The van der Waals surface area contributed by atoms with Gasteiger partial charge < -0.3 is 9.64 Å². The van der Waals surface area contributed by atoms with Crippen molar-refractivity contribution in [3.05, 3.63) is 77.8 Å². The molecule has 0 bridgehead atoms. The Labute approximate surface area is 177 Å². The first-order valence-electron chi connectivity index (χ1n) is 9.72. The topological polar surface area (TPSA) is 71.1 Å². The molecular weight excluding hydrogens is 402 g/mol. The van der Waals surface area contributed by atoms with Crippen molar-refractivity contribution in [2.24, 2.45) is 0 Å². The highest BCUT2D eigenvalue weighted by Crippen LogP contribution is 2.35. The summed E-state index contributed by atoms with van der Waals surface area (Å²) in [5, 5.41) is 7.70. The summed E-state index contributed by atoms with van der Waals surface area (Å²) in [6.07, 6.45) is 4.95. The van der Waals surface area contributed by atoms with Crippen molar-refractivity contribution in [3.8, 4) is 16.9 Å². The molecule has 1 N–H and O–H groups in total. The van der Waals surface area contributed by atoms with Crippen molar-refractivity contribution in [2.45, 2.75) is 13.5 Å². The number of benzene rings is 2. The molecule has 158 valence electrons. The number of aromatic amines is 1. The van der Waals surface area contributed by atoms with E-state index < -0.39 is 17.5 Å². The standard InChI is InChI=1S/C23H20F2N4O2/c1-3-31-22-18(14-5-4-6-17(24)9-14)7-8-19(20(22)25)23(30)29(2)13-16-11-26-10-15-12-27-28-21(15)16/h4-12H,3,13H2,1-2H3,(H,27,28). The number of fused-ring (bicyclic) bond motifs is 1. The molecule has 0 radical (unpaired) electrons. The second-order valence-corrected chi connectivity index (χ2v) is 7.04. The van der Waals surface area contributed by atoms with Gasteiger partial charge in [-0.05, 0) is 36.8 Å². The minimum absolute atomic E-state index is 0.0790. The van der Waals surface area contributed by atoms with Gasteiger partial charge in [0.15, 0.2) is 11.6 Å². The molecule has 2 aromatic heterocycles. The van der Waals surface area contributed by atoms with E-state index in [0.717, 1.165) is 16.5 Å². The minimum atomic E-state index is -0.779. The van der Waals surface area contributed by atoms with Crippen molar-refractivity contribution in [3.63, 3.8) is 0 Å². The number of ether oxygens (including phenoxy) is 1. The Hall–Kier alpha value is -3.81. The number of pyridine rings is 1. The highest BCUT2D eigenvalue weighted by Gasteiger charge is 2.23. The highest BCUT2D eigenvalue weighted by molar-refractivity contribution is 5.96. The Morgan fingerprint density at radius 3 is 2.77 bits per heavy atom. The van der Waals surface area contributed by atoms with Crippen LogP contribution in [0.2, 0.25) is 0 Å². The van der Waals surface area contributed by atoms with E-state index in [4.69, 9.17) is 4.74 Å². The van der Waals surface area contributed by atoms with Crippen molar-refractivity contribution in [1.29, 1.82) is 0 Å². The fourth-order valence-electron chi connectivity index (χ4n) is 3.47. The Balaban J connectivity index is 1.67. The first kappa shape index (κ1) is 20.5. The molecular formula is C23H20F2N4O2. The third-order valence-corrected chi connectivity index (χ3v) is 4.94. The fourth-order valence-corrected chi connectivity index (χ4v) is 3.47. The van der Waals surface area contributed by atoms with Crippen molar-refractivity contribution >= 4 is 16.8 Å². The minimum Gasteiger partial charge on any atom is -0.490 e. The monoisotopic (exact) mass is 422 g/mol. The maximum atomic E-state index is 15.4. The number of carbonyl (C=O) groups excluding carboxylic acids is 1. The van der Waals surface area contributed by atoms with Gasteiger partial charge in [0.25, 0.3) is 5.91 Å². The molecule has 0 aliphatic rings. The first-order valence-corrected chi connectivity index (χ1v) is 9.72. The summed E-state index contributed by atoms with van der Waals surface area (Å²) in [4.78, 5) is 18.6. The zero-order valence-corrected chi connectivity index (χ0v) is 17.0. The van der Waals surface area contributed by atoms with E-state index in [1.54, 1.807) is 44.7 Å². The summed E-state index contributed by atoms with van der Waals surface area (Å²) in [5.41, 5.74) is 2.24. The van der Waals surface area contributed by atoms with E-state index in [2.05, 4.69) is 15.2 Å². The smallest absolute Gasteiger partial charge is 0.257 e. The normalized spacial score (nSPS) is 11.0. The molecule has 0 atom stereocenters. The largest absolute Gasteiger partial charge is 0.490 e. The Morgan fingerprint density at radius 1 is 1.16 bits per heavy atom. The lowest BCUT2D eigenvalue weighted by Crippen LogP contribution is -2.27. The number of rotatable bonds is 6. The number of hydrogen-bond donors (Lipinski definition) is 1. The van der Waals surface area contributed by atoms with Crippen LogP contribution < -0.4 is 4.74 Å². The van der Waals surface area contributed by atoms with Crippen molar-refractivity contribution in [1.82, 2.24) is 20.1 Å². The van der Waals surface area contributed by atoms with Crippen LogP contribution in [0.15, 0.2) is 55.0 Å². The molecule has 0 spiro atoms. The van der Waals surface area contributed by atoms with Gasteiger partial charge in [0.2, 0.25) is 0 Å². The van der Waals surface area contributed by atoms with Crippen LogP contribution in [-0.2, 0) is 6.54 Å². The van der Waals surface area contributed by atoms with Gasteiger partial charge in [-0.25, -0.2) is 8.78 Å². The van der Waals surface area contributed by atoms with E-state index >= 15 is 4.39 Å². The molecule has 0 fully saturated rings. The predicted octanol–water partition coefficient (Wildman–Crippen LogP) is 4.57. The molecule has 0 saturated carbocycles. The van der Waals surface area contributed by atoms with Gasteiger partial charge in [-0.2, -0.15) is 5.10 Å². The summed E-state index contributed by atoms with van der Waals surface area (Å²) in [5.74, 6) is -1.81. The Morgan fingerprint density at radius 2 is 2.00 bits per heavy atom. The van der Waals surface area contributed by atoms with Crippen LogP contribution in [-0.4, -0.2) is 39.6 Å². The lowest BCUT2D eigenvalue weighted by atomic mass is 10.0. The fraction of sp³-hybridized carbons (Fsp3) is 0.174. The zero-order valence-electron chi connectivity index (χ0n) is 17.0. The number of H-pyrrole nitrogens is 1. The van der Waals surface area contributed by atoms with Gasteiger partial charge in [-0.15, -0.1) is 0 Å². The maximum Gasteiger partial charge on any atom is 0.257 e. The number of halogens is 2. The average Bonchev–Trinajstić information content (AvgIpc) is 3.24. The number of nitrogens with zero attached hydrogens (tertiary/aromatic N) is 3. The van der Waals surface area contributed by atoms with Gasteiger partial charge in [-0.3, -0.25) is 14.9 Å². The summed E-state index contributed by atoms with van der Waals surface area (Å²) < 4.78 is 34.5. The Bertz CT molecular complexity index is 1260. The number of aromatic nitrogens is 3. The van der Waals surface area contributed by atoms with Gasteiger partial charge in [-0.1, -0.05) is 12.1 Å². The lowest BCUT2D eigenvalue weighted by Gasteiger charge is -2.20. The van der Waals surface area contributed by atoms with E-state index in [1.807, 2.05) is 0 Å². The zero-order chi connectivity index (χ0) is 22.0. The summed E-state index contributed by atoms with van der Waals surface area (Å²) in [6.45, 7) is 2.12. The maximum absolute atomic E-state index is 15.4. The third kappa shape index (κ3) is 3.96. The lowest BCUT2D eigenvalue weighted by molar-refractivity contribution is 0.0780. The molecule has 8 heteroatoms. The van der Waals surface area contributed by atoms with Gasteiger partial charge in [0.05, 0.1) is 23.9 Å². The van der Waals surface area contributed by atoms with Gasteiger partial charge in [0.1, 0.15) is 5.82 Å². The van der Waals surface area contributed by atoms with E-state index in [-0.39, 0.29) is 24.5 Å². The van der Waals surface area contributed by atoms with E-state index in [0.29, 0.717) is 11.1 Å². The SMILES string of the molecule is CCOc1c(-c2cccc(F)c2)ccc(C(=O)N(C)Cc2cncc3cn[nH]c23)c1F. The second kappa shape index (κ2) is 8.51. The molecule has 2 aromatic carbocycles. The molecule has 4 aromatic rings. The summed E-state index contributed by atoms with van der Waals surface area (Å²) in [7, 11) is 1.58. The quantitative estimate of drug-likeness (QED) is 0.494. The summed E-state index contributed by atoms with van der Waals surface area (Å²) in [6, 6.07) is 8.76. The van der Waals surface area contributed by atoms with Gasteiger partial charge >= 0.3 is 0 Å². The molecule has 0 unspecified atom stereocenters. The molecule has 4 rings (SSSR count).